The standard InChI is InChI=1S/C19H27BrN2O2/c1-15-3-2-4-17(13-15)21-9-11-22(12-10-21)19(23)14-24-18-7-5-16(20)6-8-18/h5-8,15,17H,2-4,9-14H2,1H3/t15-,17-/m0/s1. The lowest BCUT2D eigenvalue weighted by molar-refractivity contribution is -0.135. The Hall–Kier alpha value is -1.07. The monoisotopic (exact) mass is 394 g/mol. The Labute approximate surface area is 153 Å². The smallest absolute Gasteiger partial charge is 0.260 e. The Bertz CT molecular complexity index is 541. The summed E-state index contributed by atoms with van der Waals surface area (Å²) in [5.41, 5.74) is 0. The highest BCUT2D eigenvalue weighted by atomic mass is 79.9. The van der Waals surface area contributed by atoms with E-state index in [1.807, 2.05) is 29.2 Å². The van der Waals surface area contributed by atoms with Crippen LogP contribution in [0.15, 0.2) is 28.7 Å². The maximum absolute atomic E-state index is 12.3. The van der Waals surface area contributed by atoms with Crippen molar-refractivity contribution in [3.05, 3.63) is 28.7 Å². The molecule has 1 saturated heterocycles. The second-order valence-electron chi connectivity index (χ2n) is 7.08. The molecule has 1 heterocycles. The van der Waals surface area contributed by atoms with Crippen LogP contribution in [0.2, 0.25) is 0 Å². The molecule has 1 aromatic carbocycles. The molecular weight excluding hydrogens is 368 g/mol. The minimum atomic E-state index is 0.0922. The van der Waals surface area contributed by atoms with Crippen molar-refractivity contribution in [3.63, 3.8) is 0 Å². The third-order valence-corrected chi connectivity index (χ3v) is 5.80. The van der Waals surface area contributed by atoms with Gasteiger partial charge in [0.15, 0.2) is 6.61 Å². The number of rotatable bonds is 4. The number of hydrogen-bond donors (Lipinski definition) is 0. The van der Waals surface area contributed by atoms with Crippen molar-refractivity contribution in [2.75, 3.05) is 32.8 Å². The Morgan fingerprint density at radius 3 is 2.54 bits per heavy atom. The SMILES string of the molecule is C[C@H]1CCC[C@H](N2CCN(C(=O)COc3ccc(Br)cc3)CC2)C1. The van der Waals surface area contributed by atoms with Crippen LogP contribution >= 0.6 is 15.9 Å². The molecule has 1 saturated carbocycles. The number of carbonyl (C=O) groups excluding carboxylic acids is 1. The van der Waals surface area contributed by atoms with Crippen LogP contribution in [-0.4, -0.2) is 54.5 Å². The van der Waals surface area contributed by atoms with Crippen molar-refractivity contribution in [2.45, 2.75) is 38.6 Å². The fourth-order valence-electron chi connectivity index (χ4n) is 3.84. The molecule has 4 nitrogen and oxygen atoms in total. The van der Waals surface area contributed by atoms with Crippen molar-refractivity contribution in [1.82, 2.24) is 9.80 Å². The van der Waals surface area contributed by atoms with Crippen LogP contribution in [0.25, 0.3) is 0 Å². The number of piperazine rings is 1. The number of nitrogens with zero attached hydrogens (tertiary/aromatic N) is 2. The first-order valence-electron chi connectivity index (χ1n) is 9.02. The fraction of sp³-hybridized carbons (Fsp3) is 0.632. The third-order valence-electron chi connectivity index (χ3n) is 5.27. The summed E-state index contributed by atoms with van der Waals surface area (Å²) in [4.78, 5) is 16.9. The molecule has 1 aliphatic carbocycles. The summed E-state index contributed by atoms with van der Waals surface area (Å²) in [6, 6.07) is 8.32. The minimum Gasteiger partial charge on any atom is -0.484 e. The highest BCUT2D eigenvalue weighted by Gasteiger charge is 2.28. The van der Waals surface area contributed by atoms with Gasteiger partial charge in [0.2, 0.25) is 0 Å². The average molecular weight is 395 g/mol. The van der Waals surface area contributed by atoms with Gasteiger partial charge in [-0.3, -0.25) is 9.69 Å². The van der Waals surface area contributed by atoms with Gasteiger partial charge in [-0.15, -0.1) is 0 Å². The molecule has 5 heteroatoms. The van der Waals surface area contributed by atoms with Gasteiger partial charge in [0, 0.05) is 36.7 Å². The van der Waals surface area contributed by atoms with Gasteiger partial charge in [-0.1, -0.05) is 35.7 Å². The zero-order valence-electron chi connectivity index (χ0n) is 14.4. The van der Waals surface area contributed by atoms with E-state index in [9.17, 15) is 4.79 Å². The molecule has 1 aliphatic heterocycles. The van der Waals surface area contributed by atoms with Crippen LogP contribution in [0.5, 0.6) is 5.75 Å². The third kappa shape index (κ3) is 4.73. The summed E-state index contributed by atoms with van der Waals surface area (Å²) in [6.45, 7) is 6.15. The molecule has 0 spiro atoms. The van der Waals surface area contributed by atoms with E-state index in [1.165, 1.54) is 25.7 Å². The molecule has 2 atom stereocenters. The van der Waals surface area contributed by atoms with E-state index >= 15 is 0 Å². The summed E-state index contributed by atoms with van der Waals surface area (Å²) < 4.78 is 6.62. The van der Waals surface area contributed by atoms with Crippen molar-refractivity contribution in [2.24, 2.45) is 5.92 Å². The number of amides is 1. The second kappa shape index (κ2) is 8.34. The molecule has 1 amide bonds. The summed E-state index contributed by atoms with van der Waals surface area (Å²) in [5.74, 6) is 1.68. The Morgan fingerprint density at radius 1 is 1.17 bits per heavy atom. The predicted octanol–water partition coefficient (Wildman–Crippen LogP) is 3.55. The van der Waals surface area contributed by atoms with E-state index in [2.05, 4.69) is 27.8 Å². The number of halogens is 1. The van der Waals surface area contributed by atoms with Gasteiger partial charge in [-0.2, -0.15) is 0 Å². The highest BCUT2D eigenvalue weighted by Crippen LogP contribution is 2.28. The first kappa shape index (κ1) is 17.7. The van der Waals surface area contributed by atoms with Crippen LogP contribution in [-0.2, 0) is 4.79 Å². The molecule has 1 aromatic rings. The van der Waals surface area contributed by atoms with Crippen molar-refractivity contribution >= 4 is 21.8 Å². The topological polar surface area (TPSA) is 32.8 Å². The molecule has 0 bridgehead atoms. The molecule has 0 aromatic heterocycles. The van der Waals surface area contributed by atoms with Gasteiger partial charge in [0.05, 0.1) is 0 Å². The Morgan fingerprint density at radius 2 is 1.88 bits per heavy atom. The quantitative estimate of drug-likeness (QED) is 0.782. The highest BCUT2D eigenvalue weighted by molar-refractivity contribution is 9.10. The molecule has 3 rings (SSSR count). The summed E-state index contributed by atoms with van der Waals surface area (Å²) in [5, 5.41) is 0. The Balaban J connectivity index is 1.42. The van der Waals surface area contributed by atoms with Gasteiger partial charge >= 0.3 is 0 Å². The number of hydrogen-bond acceptors (Lipinski definition) is 3. The summed E-state index contributed by atoms with van der Waals surface area (Å²) in [6.07, 6.45) is 5.37. The zero-order valence-corrected chi connectivity index (χ0v) is 16.0. The molecule has 0 N–H and O–H groups in total. The van der Waals surface area contributed by atoms with E-state index in [0.717, 1.165) is 48.4 Å². The summed E-state index contributed by atoms with van der Waals surface area (Å²) in [7, 11) is 0. The first-order chi connectivity index (χ1) is 11.6. The minimum absolute atomic E-state index is 0.0922. The van der Waals surface area contributed by atoms with Gasteiger partial charge in [-0.25, -0.2) is 0 Å². The van der Waals surface area contributed by atoms with Crippen LogP contribution in [0.3, 0.4) is 0 Å². The van der Waals surface area contributed by atoms with E-state index in [1.54, 1.807) is 0 Å². The number of carbonyl (C=O) groups is 1. The molecule has 2 fully saturated rings. The van der Waals surface area contributed by atoms with Crippen LogP contribution in [0.4, 0.5) is 0 Å². The Kier molecular flexibility index (Phi) is 6.17. The molecule has 132 valence electrons. The van der Waals surface area contributed by atoms with E-state index in [-0.39, 0.29) is 12.5 Å². The molecule has 0 radical (unpaired) electrons. The lowest BCUT2D eigenvalue weighted by Gasteiger charge is -2.42. The lowest BCUT2D eigenvalue weighted by atomic mass is 9.86. The van der Waals surface area contributed by atoms with Crippen molar-refractivity contribution in [3.8, 4) is 5.75 Å². The van der Waals surface area contributed by atoms with Crippen molar-refractivity contribution in [1.29, 1.82) is 0 Å². The molecule has 2 aliphatic rings. The maximum Gasteiger partial charge on any atom is 0.260 e. The second-order valence-corrected chi connectivity index (χ2v) is 8.00. The molecular formula is C19H27BrN2O2. The van der Waals surface area contributed by atoms with Crippen LogP contribution in [0.1, 0.15) is 32.6 Å². The fourth-order valence-corrected chi connectivity index (χ4v) is 4.10. The van der Waals surface area contributed by atoms with Gasteiger partial charge in [0.1, 0.15) is 5.75 Å². The maximum atomic E-state index is 12.3. The van der Waals surface area contributed by atoms with Gasteiger partial charge in [-0.05, 0) is 43.0 Å². The van der Waals surface area contributed by atoms with Gasteiger partial charge < -0.3 is 9.64 Å². The largest absolute Gasteiger partial charge is 0.484 e. The van der Waals surface area contributed by atoms with Crippen LogP contribution in [0, 0.1) is 5.92 Å². The number of benzene rings is 1. The summed E-state index contributed by atoms with van der Waals surface area (Å²) >= 11 is 3.39. The lowest BCUT2D eigenvalue weighted by Crippen LogP contribution is -2.53. The van der Waals surface area contributed by atoms with E-state index in [4.69, 9.17) is 4.74 Å². The predicted molar refractivity (Wildman–Crippen MR) is 99.2 cm³/mol. The molecule has 0 unspecified atom stereocenters. The van der Waals surface area contributed by atoms with E-state index in [0.29, 0.717) is 0 Å². The van der Waals surface area contributed by atoms with Gasteiger partial charge in [0.25, 0.3) is 5.91 Å². The molecule has 24 heavy (non-hydrogen) atoms. The van der Waals surface area contributed by atoms with Crippen LogP contribution < -0.4 is 4.74 Å². The normalized spacial score (nSPS) is 25.5. The van der Waals surface area contributed by atoms with Crippen molar-refractivity contribution < 1.29 is 9.53 Å². The number of ether oxygens (including phenoxy) is 1. The van der Waals surface area contributed by atoms with E-state index < -0.39 is 0 Å². The average Bonchev–Trinajstić information content (AvgIpc) is 2.61. The first-order valence-corrected chi connectivity index (χ1v) is 9.81. The zero-order chi connectivity index (χ0) is 16.9.